The van der Waals surface area contributed by atoms with Crippen LogP contribution in [-0.2, 0) is 23.6 Å². The summed E-state index contributed by atoms with van der Waals surface area (Å²) in [6, 6.07) is 1.46. The summed E-state index contributed by atoms with van der Waals surface area (Å²) >= 11 is 0. The molecule has 0 aromatic heterocycles. The molecule has 1 aliphatic heterocycles. The van der Waals surface area contributed by atoms with E-state index >= 15 is 0 Å². The summed E-state index contributed by atoms with van der Waals surface area (Å²) in [5.74, 6) is -0.280. The lowest BCUT2D eigenvalue weighted by Crippen LogP contribution is -2.51. The van der Waals surface area contributed by atoms with E-state index in [1.54, 1.807) is 11.9 Å². The highest BCUT2D eigenvalue weighted by atomic mass is 19.4. The molecule has 1 saturated heterocycles. The Bertz CT molecular complexity index is 889. The second-order valence-electron chi connectivity index (χ2n) is 9.64. The molecule has 0 bridgehead atoms. The van der Waals surface area contributed by atoms with Crippen molar-refractivity contribution in [3.8, 4) is 0 Å². The molecule has 0 aliphatic carbocycles. The lowest BCUT2D eigenvalue weighted by atomic mass is 10.0. The first-order valence-electron chi connectivity index (χ1n) is 12.4. The molecule has 37 heavy (non-hydrogen) atoms. The molecule has 0 N–H and O–H groups in total. The van der Waals surface area contributed by atoms with Crippen LogP contribution in [-0.4, -0.2) is 90.9 Å². The largest absolute Gasteiger partial charge is 0.416 e. The first-order chi connectivity index (χ1) is 17.1. The third-order valence-electron chi connectivity index (χ3n) is 6.57. The number of carbonyl (C=O) groups is 2. The molecule has 3 amide bonds. The van der Waals surface area contributed by atoms with E-state index in [9.17, 15) is 35.9 Å². The van der Waals surface area contributed by atoms with Crippen molar-refractivity contribution < 1.29 is 35.9 Å². The fourth-order valence-corrected chi connectivity index (χ4v) is 4.31. The highest BCUT2D eigenvalue weighted by Crippen LogP contribution is 2.36. The van der Waals surface area contributed by atoms with Gasteiger partial charge in [0.05, 0.1) is 17.7 Å². The van der Waals surface area contributed by atoms with Gasteiger partial charge in [-0.25, -0.2) is 4.79 Å². The first kappa shape index (κ1) is 30.7. The minimum absolute atomic E-state index is 0.00817. The van der Waals surface area contributed by atoms with Crippen LogP contribution in [0.5, 0.6) is 0 Å². The molecule has 1 unspecified atom stereocenters. The lowest BCUT2D eigenvalue weighted by Gasteiger charge is -2.38. The summed E-state index contributed by atoms with van der Waals surface area (Å²) in [7, 11) is 3.25. The van der Waals surface area contributed by atoms with Gasteiger partial charge in [-0.2, -0.15) is 26.3 Å². The summed E-state index contributed by atoms with van der Waals surface area (Å²) < 4.78 is 78.6. The van der Waals surface area contributed by atoms with Crippen LogP contribution in [0.4, 0.5) is 31.1 Å². The Hall–Kier alpha value is -2.50. The number of alkyl halides is 6. The molecule has 1 aromatic rings. The molecule has 6 nitrogen and oxygen atoms in total. The van der Waals surface area contributed by atoms with Crippen LogP contribution >= 0.6 is 0 Å². The molecule has 0 radical (unpaired) electrons. The number of carbonyl (C=O) groups excluding carboxylic acids is 2. The van der Waals surface area contributed by atoms with E-state index in [4.69, 9.17) is 0 Å². The number of rotatable bonds is 11. The third-order valence-corrected chi connectivity index (χ3v) is 6.57. The van der Waals surface area contributed by atoms with Gasteiger partial charge in [0.15, 0.2) is 0 Å². The smallest absolute Gasteiger partial charge is 0.344 e. The fraction of sp³-hybridized carbons (Fsp3) is 0.680. The molecule has 2 rings (SSSR count). The van der Waals surface area contributed by atoms with Gasteiger partial charge in [0.25, 0.3) is 0 Å². The van der Waals surface area contributed by atoms with Crippen LogP contribution < -0.4 is 0 Å². The van der Waals surface area contributed by atoms with Crippen molar-refractivity contribution in [3.63, 3.8) is 0 Å². The molecule has 1 fully saturated rings. The Labute approximate surface area is 214 Å². The summed E-state index contributed by atoms with van der Waals surface area (Å²) in [6.45, 7) is 6.62. The van der Waals surface area contributed by atoms with E-state index in [0.717, 1.165) is 19.4 Å². The van der Waals surface area contributed by atoms with Gasteiger partial charge in [-0.1, -0.05) is 6.92 Å². The van der Waals surface area contributed by atoms with E-state index in [2.05, 4.69) is 0 Å². The molecule has 0 saturated carbocycles. The minimum Gasteiger partial charge on any atom is -0.344 e. The van der Waals surface area contributed by atoms with E-state index < -0.39 is 23.5 Å². The van der Waals surface area contributed by atoms with Crippen molar-refractivity contribution >= 4 is 11.9 Å². The summed E-state index contributed by atoms with van der Waals surface area (Å²) in [5, 5.41) is 0. The maximum atomic E-state index is 13.1. The van der Waals surface area contributed by atoms with Crippen LogP contribution in [0, 0.1) is 0 Å². The number of benzene rings is 1. The number of nitrogens with zero attached hydrogens (tertiary/aromatic N) is 4. The van der Waals surface area contributed by atoms with Gasteiger partial charge in [-0.3, -0.25) is 9.69 Å². The van der Waals surface area contributed by atoms with Crippen molar-refractivity contribution in [2.75, 3.05) is 53.4 Å². The molecule has 1 aliphatic rings. The van der Waals surface area contributed by atoms with E-state index in [0.29, 0.717) is 38.2 Å². The zero-order valence-electron chi connectivity index (χ0n) is 21.8. The Morgan fingerprint density at radius 1 is 1.00 bits per heavy atom. The average Bonchev–Trinajstić information content (AvgIpc) is 2.81. The quantitative estimate of drug-likeness (QED) is 0.374. The van der Waals surface area contributed by atoms with Gasteiger partial charge >= 0.3 is 18.4 Å². The molecule has 210 valence electrons. The summed E-state index contributed by atoms with van der Waals surface area (Å²) in [4.78, 5) is 32.0. The molecule has 1 atom stereocenters. The SMILES string of the molecule is CCCN(CCC(C)N1CCCN(C)C1=O)CC(=O)N(C)CCc1cc(C(F)(F)F)cc(C(F)(F)F)c1. The molecule has 12 heteroatoms. The number of likely N-dealkylation sites (N-methyl/N-ethyl adjacent to an activating group) is 1. The zero-order chi connectivity index (χ0) is 28.0. The predicted molar refractivity (Wildman–Crippen MR) is 128 cm³/mol. The second-order valence-corrected chi connectivity index (χ2v) is 9.64. The topological polar surface area (TPSA) is 47.1 Å². The number of hydrogen-bond acceptors (Lipinski definition) is 3. The Kier molecular flexibility index (Phi) is 10.7. The molecular formula is C25H36F6N4O2. The molecule has 1 heterocycles. The van der Waals surface area contributed by atoms with Crippen LogP contribution in [0.3, 0.4) is 0 Å². The molecule has 0 spiro atoms. The monoisotopic (exact) mass is 538 g/mol. The van der Waals surface area contributed by atoms with Gasteiger partial charge in [0.2, 0.25) is 5.91 Å². The number of amides is 3. The van der Waals surface area contributed by atoms with Crippen molar-refractivity contribution in [3.05, 3.63) is 34.9 Å². The number of urea groups is 1. The van der Waals surface area contributed by atoms with Crippen molar-refractivity contribution in [2.45, 2.75) is 57.9 Å². The van der Waals surface area contributed by atoms with Gasteiger partial charge in [-0.15, -0.1) is 0 Å². The second kappa shape index (κ2) is 12.8. The average molecular weight is 539 g/mol. The summed E-state index contributed by atoms with van der Waals surface area (Å²) in [5.41, 5.74) is -2.88. The van der Waals surface area contributed by atoms with Gasteiger partial charge in [-0.05, 0) is 62.9 Å². The van der Waals surface area contributed by atoms with Crippen LogP contribution in [0.15, 0.2) is 18.2 Å². The normalized spacial score (nSPS) is 15.9. The fourth-order valence-electron chi connectivity index (χ4n) is 4.31. The lowest BCUT2D eigenvalue weighted by molar-refractivity contribution is -0.143. The van der Waals surface area contributed by atoms with Crippen LogP contribution in [0.25, 0.3) is 0 Å². The van der Waals surface area contributed by atoms with E-state index in [1.165, 1.54) is 11.9 Å². The first-order valence-corrected chi connectivity index (χ1v) is 12.4. The van der Waals surface area contributed by atoms with Gasteiger partial charge in [0.1, 0.15) is 0 Å². The Morgan fingerprint density at radius 2 is 1.59 bits per heavy atom. The Morgan fingerprint density at radius 3 is 2.14 bits per heavy atom. The number of hydrogen-bond donors (Lipinski definition) is 0. The minimum atomic E-state index is -4.91. The Balaban J connectivity index is 1.97. The third kappa shape index (κ3) is 9.08. The highest BCUT2D eigenvalue weighted by molar-refractivity contribution is 5.78. The maximum absolute atomic E-state index is 13.1. The number of halogens is 6. The standard InChI is InChI=1S/C25H36F6N4O2/c1-5-9-34(13-7-18(2)35-11-6-10-33(4)23(35)37)17-22(36)32(3)12-8-19-14-20(24(26,27)28)16-21(15-19)25(29,30)31/h14-16,18H,5-13,17H2,1-4H3. The van der Waals surface area contributed by atoms with E-state index in [-0.39, 0.29) is 49.1 Å². The van der Waals surface area contributed by atoms with E-state index in [1.807, 2.05) is 23.6 Å². The summed E-state index contributed by atoms with van der Waals surface area (Å²) in [6.07, 6.45) is -7.62. The predicted octanol–water partition coefficient (Wildman–Crippen LogP) is 4.97. The molecule has 1 aromatic carbocycles. The highest BCUT2D eigenvalue weighted by Gasteiger charge is 2.37. The van der Waals surface area contributed by atoms with Crippen molar-refractivity contribution in [1.29, 1.82) is 0 Å². The van der Waals surface area contributed by atoms with Crippen LogP contribution in [0.1, 0.15) is 49.8 Å². The van der Waals surface area contributed by atoms with Gasteiger partial charge < -0.3 is 14.7 Å². The maximum Gasteiger partial charge on any atom is 0.416 e. The van der Waals surface area contributed by atoms with Crippen molar-refractivity contribution in [1.82, 2.24) is 19.6 Å². The van der Waals surface area contributed by atoms with Gasteiger partial charge in [0, 0.05) is 46.3 Å². The zero-order valence-corrected chi connectivity index (χ0v) is 21.8. The van der Waals surface area contributed by atoms with Crippen LogP contribution in [0.2, 0.25) is 0 Å². The van der Waals surface area contributed by atoms with Crippen molar-refractivity contribution in [2.24, 2.45) is 0 Å². The molecular weight excluding hydrogens is 502 g/mol.